The second-order valence-corrected chi connectivity index (χ2v) is 5.32. The van der Waals surface area contributed by atoms with Crippen molar-refractivity contribution in [3.8, 4) is 5.75 Å². The number of hydrogen-bond acceptors (Lipinski definition) is 3. The zero-order valence-electron chi connectivity index (χ0n) is 12.5. The molecule has 4 nitrogen and oxygen atoms in total. The van der Waals surface area contributed by atoms with Crippen LogP contribution in [0.25, 0.3) is 10.8 Å². The summed E-state index contributed by atoms with van der Waals surface area (Å²) in [6, 6.07) is 10.8. The monoisotopic (exact) mass is 286 g/mol. The first-order valence-electron chi connectivity index (χ1n) is 7.30. The molecule has 1 amide bonds. The number of aromatic hydroxyl groups is 1. The topological polar surface area (TPSA) is 75.4 Å². The molecule has 4 heteroatoms. The van der Waals surface area contributed by atoms with Gasteiger partial charge in [-0.15, -0.1) is 0 Å². The van der Waals surface area contributed by atoms with Gasteiger partial charge in [-0.25, -0.2) is 0 Å². The lowest BCUT2D eigenvalue weighted by Crippen LogP contribution is -2.41. The number of carbonyl (C=O) groups excluding carboxylic acids is 1. The molecule has 2 aromatic rings. The van der Waals surface area contributed by atoms with Gasteiger partial charge in [0.25, 0.3) is 0 Å². The fourth-order valence-electron chi connectivity index (χ4n) is 2.61. The van der Waals surface area contributed by atoms with E-state index in [2.05, 4.69) is 5.32 Å². The Morgan fingerprint density at radius 2 is 1.76 bits per heavy atom. The van der Waals surface area contributed by atoms with Gasteiger partial charge in [-0.3, -0.25) is 4.79 Å². The Morgan fingerprint density at radius 1 is 1.14 bits per heavy atom. The third kappa shape index (κ3) is 2.72. The third-order valence-corrected chi connectivity index (χ3v) is 4.37. The van der Waals surface area contributed by atoms with E-state index in [9.17, 15) is 9.90 Å². The van der Waals surface area contributed by atoms with Crippen molar-refractivity contribution >= 4 is 22.4 Å². The first kappa shape index (κ1) is 15.3. The van der Waals surface area contributed by atoms with E-state index in [1.54, 1.807) is 12.1 Å². The lowest BCUT2D eigenvalue weighted by Gasteiger charge is -2.28. The van der Waals surface area contributed by atoms with Crippen LogP contribution in [-0.4, -0.2) is 17.6 Å². The van der Waals surface area contributed by atoms with Crippen molar-refractivity contribution in [2.45, 2.75) is 26.7 Å². The van der Waals surface area contributed by atoms with E-state index in [0.29, 0.717) is 25.1 Å². The van der Waals surface area contributed by atoms with E-state index in [4.69, 9.17) is 5.73 Å². The molecule has 0 unspecified atom stereocenters. The molecule has 21 heavy (non-hydrogen) atoms. The lowest BCUT2D eigenvalue weighted by molar-refractivity contribution is -0.125. The zero-order chi connectivity index (χ0) is 15.5. The zero-order valence-corrected chi connectivity index (χ0v) is 12.5. The summed E-state index contributed by atoms with van der Waals surface area (Å²) in [6.07, 6.45) is 1.39. The number of phenols is 1. The van der Waals surface area contributed by atoms with Crippen LogP contribution in [0.3, 0.4) is 0 Å². The summed E-state index contributed by atoms with van der Waals surface area (Å²) in [4.78, 5) is 12.6. The van der Waals surface area contributed by atoms with Gasteiger partial charge in [-0.1, -0.05) is 38.1 Å². The second-order valence-electron chi connectivity index (χ2n) is 5.32. The standard InChI is InChI=1S/C17H22N2O2/c1-3-17(4-2,11-18)16(21)19-14-9-5-8-13-12(14)7-6-10-15(13)20/h5-10,20H,3-4,11,18H2,1-2H3,(H,19,21). The van der Waals surface area contributed by atoms with Crippen LogP contribution in [0.2, 0.25) is 0 Å². The fraction of sp³-hybridized carbons (Fsp3) is 0.353. The summed E-state index contributed by atoms with van der Waals surface area (Å²) in [5.74, 6) is 0.144. The number of hydrogen-bond donors (Lipinski definition) is 3. The van der Waals surface area contributed by atoms with Crippen molar-refractivity contribution in [1.82, 2.24) is 0 Å². The SMILES string of the molecule is CCC(CC)(CN)C(=O)Nc1cccc2c(O)cccc12. The molecular formula is C17H22N2O2. The minimum Gasteiger partial charge on any atom is -0.507 e. The molecule has 112 valence electrons. The normalized spacial score (nSPS) is 11.6. The number of nitrogens with one attached hydrogen (secondary N) is 1. The predicted octanol–water partition coefficient (Wildman–Crippen LogP) is 3.25. The second kappa shape index (κ2) is 6.14. The summed E-state index contributed by atoms with van der Waals surface area (Å²) < 4.78 is 0. The molecular weight excluding hydrogens is 264 g/mol. The summed E-state index contributed by atoms with van der Waals surface area (Å²) in [6.45, 7) is 4.28. The maximum Gasteiger partial charge on any atom is 0.231 e. The van der Waals surface area contributed by atoms with Gasteiger partial charge in [0.05, 0.1) is 5.41 Å². The lowest BCUT2D eigenvalue weighted by atomic mass is 9.81. The van der Waals surface area contributed by atoms with E-state index < -0.39 is 5.41 Å². The number of benzene rings is 2. The molecule has 0 bridgehead atoms. The molecule has 0 atom stereocenters. The number of fused-ring (bicyclic) bond motifs is 1. The van der Waals surface area contributed by atoms with E-state index in [-0.39, 0.29) is 11.7 Å². The van der Waals surface area contributed by atoms with Gasteiger partial charge in [-0.2, -0.15) is 0 Å². The average Bonchev–Trinajstić information content (AvgIpc) is 2.51. The van der Waals surface area contributed by atoms with Crippen LogP contribution in [0.1, 0.15) is 26.7 Å². The Balaban J connectivity index is 2.40. The number of phenolic OH excluding ortho intramolecular Hbond substituents is 1. The fourth-order valence-corrected chi connectivity index (χ4v) is 2.61. The molecule has 0 saturated heterocycles. The van der Waals surface area contributed by atoms with Crippen molar-refractivity contribution in [2.75, 3.05) is 11.9 Å². The molecule has 2 aromatic carbocycles. The van der Waals surface area contributed by atoms with Crippen molar-refractivity contribution in [2.24, 2.45) is 11.1 Å². The molecule has 0 fully saturated rings. The van der Waals surface area contributed by atoms with Crippen LogP contribution in [-0.2, 0) is 4.79 Å². The Morgan fingerprint density at radius 3 is 2.38 bits per heavy atom. The quantitative estimate of drug-likeness (QED) is 0.789. The van der Waals surface area contributed by atoms with Gasteiger partial charge < -0.3 is 16.2 Å². The van der Waals surface area contributed by atoms with Gasteiger partial charge in [0.2, 0.25) is 5.91 Å². The smallest absolute Gasteiger partial charge is 0.231 e. The Labute approximate surface area is 125 Å². The van der Waals surface area contributed by atoms with E-state index >= 15 is 0 Å². The summed E-state index contributed by atoms with van der Waals surface area (Å²) in [7, 11) is 0. The minimum atomic E-state index is -0.543. The molecule has 0 aliphatic rings. The number of nitrogens with two attached hydrogens (primary N) is 1. The number of amides is 1. The van der Waals surface area contributed by atoms with Crippen molar-refractivity contribution in [1.29, 1.82) is 0 Å². The Kier molecular flexibility index (Phi) is 4.48. The number of anilines is 1. The number of rotatable bonds is 5. The molecule has 0 heterocycles. The molecule has 0 saturated carbocycles. The molecule has 0 spiro atoms. The number of carbonyl (C=O) groups is 1. The summed E-state index contributed by atoms with van der Waals surface area (Å²) in [5, 5.41) is 14.4. The van der Waals surface area contributed by atoms with Gasteiger partial charge in [0.15, 0.2) is 0 Å². The van der Waals surface area contributed by atoms with Crippen molar-refractivity contribution in [3.63, 3.8) is 0 Å². The predicted molar refractivity (Wildman–Crippen MR) is 86.3 cm³/mol. The van der Waals surface area contributed by atoms with E-state index in [0.717, 1.165) is 10.8 Å². The van der Waals surface area contributed by atoms with Crippen LogP contribution in [0.4, 0.5) is 5.69 Å². The molecule has 0 radical (unpaired) electrons. The van der Waals surface area contributed by atoms with Crippen LogP contribution < -0.4 is 11.1 Å². The molecule has 0 aliphatic carbocycles. The average molecular weight is 286 g/mol. The maximum atomic E-state index is 12.6. The first-order chi connectivity index (χ1) is 10.1. The molecule has 0 aliphatic heterocycles. The molecule has 0 aromatic heterocycles. The first-order valence-corrected chi connectivity index (χ1v) is 7.30. The van der Waals surface area contributed by atoms with Crippen molar-refractivity contribution < 1.29 is 9.90 Å². The third-order valence-electron chi connectivity index (χ3n) is 4.37. The molecule has 2 rings (SSSR count). The minimum absolute atomic E-state index is 0.0640. The van der Waals surface area contributed by atoms with Crippen LogP contribution in [0.15, 0.2) is 36.4 Å². The highest BCUT2D eigenvalue weighted by Crippen LogP contribution is 2.32. The van der Waals surface area contributed by atoms with Gasteiger partial charge in [0.1, 0.15) is 5.75 Å². The van der Waals surface area contributed by atoms with Gasteiger partial charge >= 0.3 is 0 Å². The van der Waals surface area contributed by atoms with Crippen LogP contribution in [0.5, 0.6) is 5.75 Å². The Bertz CT molecular complexity index is 640. The van der Waals surface area contributed by atoms with Crippen LogP contribution >= 0.6 is 0 Å². The van der Waals surface area contributed by atoms with Crippen LogP contribution in [0, 0.1) is 5.41 Å². The largest absolute Gasteiger partial charge is 0.507 e. The Hall–Kier alpha value is -2.07. The van der Waals surface area contributed by atoms with E-state index in [1.165, 1.54) is 0 Å². The van der Waals surface area contributed by atoms with E-state index in [1.807, 2.05) is 38.1 Å². The van der Waals surface area contributed by atoms with Crippen molar-refractivity contribution in [3.05, 3.63) is 36.4 Å². The highest BCUT2D eigenvalue weighted by molar-refractivity contribution is 6.05. The molecule has 4 N–H and O–H groups in total. The highest BCUT2D eigenvalue weighted by atomic mass is 16.3. The van der Waals surface area contributed by atoms with Gasteiger partial charge in [-0.05, 0) is 25.0 Å². The highest BCUT2D eigenvalue weighted by Gasteiger charge is 2.33. The maximum absolute atomic E-state index is 12.6. The summed E-state index contributed by atoms with van der Waals surface area (Å²) in [5.41, 5.74) is 5.98. The summed E-state index contributed by atoms with van der Waals surface area (Å²) >= 11 is 0. The van der Waals surface area contributed by atoms with Gasteiger partial charge in [0, 0.05) is 23.0 Å².